The number of nitrogens with one attached hydrogen (secondary N) is 2. The summed E-state index contributed by atoms with van der Waals surface area (Å²) < 4.78 is 21.2. The van der Waals surface area contributed by atoms with E-state index in [1.165, 1.54) is 19.2 Å². The Balaban J connectivity index is 1.53. The van der Waals surface area contributed by atoms with Gasteiger partial charge in [-0.25, -0.2) is 4.39 Å². The molecule has 2 aromatic heterocycles. The van der Waals surface area contributed by atoms with Gasteiger partial charge in [-0.1, -0.05) is 18.2 Å². The van der Waals surface area contributed by atoms with Crippen molar-refractivity contribution in [2.24, 2.45) is 5.73 Å². The van der Waals surface area contributed by atoms with Crippen LogP contribution in [0.3, 0.4) is 0 Å². The number of hydrogen-bond acceptors (Lipinski definition) is 7. The summed E-state index contributed by atoms with van der Waals surface area (Å²) in [5.41, 5.74) is 8.27. The van der Waals surface area contributed by atoms with Crippen LogP contribution in [-0.2, 0) is 9.53 Å². The van der Waals surface area contributed by atoms with Gasteiger partial charge < -0.3 is 20.7 Å². The molecule has 0 bridgehead atoms. The number of pyridine rings is 2. The number of carbonyl (C=O) groups is 2. The molecular weight excluding hydrogens is 487 g/mol. The van der Waals surface area contributed by atoms with Crippen LogP contribution in [0.25, 0.3) is 22.0 Å². The van der Waals surface area contributed by atoms with Crippen LogP contribution in [0.2, 0.25) is 0 Å². The van der Waals surface area contributed by atoms with E-state index in [-0.39, 0.29) is 29.0 Å². The average Bonchev–Trinajstić information content (AvgIpc) is 2.93. The van der Waals surface area contributed by atoms with Gasteiger partial charge in [0, 0.05) is 91.3 Å². The molecule has 2 aliphatic rings. The molecule has 0 spiro atoms. The topological polar surface area (TPSA) is 134 Å². The fraction of sp³-hybridized carbons (Fsp3) is 0.321. The number of nitrogens with zero attached hydrogens (tertiary/aromatic N) is 3. The molecule has 1 aromatic carbocycles. The summed E-state index contributed by atoms with van der Waals surface area (Å²) in [5, 5.41) is 13.6. The Morgan fingerprint density at radius 3 is 2.61 bits per heavy atom. The third-order valence-corrected chi connectivity index (χ3v) is 7.12. The summed E-state index contributed by atoms with van der Waals surface area (Å²) in [7, 11) is 0. The maximum atomic E-state index is 15.7. The first-order valence-electron chi connectivity index (χ1n) is 12.6. The third kappa shape index (κ3) is 4.99. The first-order valence-corrected chi connectivity index (χ1v) is 12.6. The molecule has 0 unspecified atom stereocenters. The number of nitrogens with two attached hydrogens (primary N) is 1. The van der Waals surface area contributed by atoms with Crippen LogP contribution in [-0.4, -0.2) is 64.7 Å². The molecule has 10 heteroatoms. The zero-order valence-electron chi connectivity index (χ0n) is 21.1. The Hall–Kier alpha value is -4.18. The molecule has 3 aromatic rings. The lowest BCUT2D eigenvalue weighted by Crippen LogP contribution is -2.43. The number of benzene rings is 1. The van der Waals surface area contributed by atoms with Crippen LogP contribution in [0, 0.1) is 11.2 Å². The fourth-order valence-electron chi connectivity index (χ4n) is 4.98. The van der Waals surface area contributed by atoms with Crippen molar-refractivity contribution < 1.29 is 18.7 Å². The molecule has 0 atom stereocenters. The first-order chi connectivity index (χ1) is 18.3. The number of carbonyl (C=O) groups excluding carboxylic acids is 2. The van der Waals surface area contributed by atoms with Crippen molar-refractivity contribution in [3.05, 3.63) is 71.1 Å². The highest BCUT2D eigenvalue weighted by molar-refractivity contribution is 6.18. The molecule has 196 valence electrons. The highest BCUT2D eigenvalue weighted by Gasteiger charge is 2.27. The Labute approximate surface area is 219 Å². The van der Waals surface area contributed by atoms with E-state index in [0.29, 0.717) is 54.6 Å². The minimum Gasteiger partial charge on any atom is -0.385 e. The predicted molar refractivity (Wildman–Crippen MR) is 141 cm³/mol. The van der Waals surface area contributed by atoms with Crippen LogP contribution in [0.15, 0.2) is 54.0 Å². The predicted octanol–water partition coefficient (Wildman–Crippen LogP) is 3.18. The van der Waals surface area contributed by atoms with Crippen molar-refractivity contribution in [1.29, 1.82) is 5.41 Å². The lowest BCUT2D eigenvalue weighted by Gasteiger charge is -2.34. The second-order valence-corrected chi connectivity index (χ2v) is 9.54. The maximum absolute atomic E-state index is 15.7. The molecule has 38 heavy (non-hydrogen) atoms. The van der Waals surface area contributed by atoms with Crippen molar-refractivity contribution in [2.45, 2.75) is 32.2 Å². The Kier molecular flexibility index (Phi) is 7.15. The second kappa shape index (κ2) is 10.7. The number of halogens is 1. The fourth-order valence-corrected chi connectivity index (χ4v) is 4.98. The summed E-state index contributed by atoms with van der Waals surface area (Å²) >= 11 is 0. The molecule has 4 heterocycles. The van der Waals surface area contributed by atoms with E-state index >= 15 is 4.39 Å². The van der Waals surface area contributed by atoms with Gasteiger partial charge >= 0.3 is 0 Å². The third-order valence-electron chi connectivity index (χ3n) is 7.12. The largest absolute Gasteiger partial charge is 0.385 e. The van der Waals surface area contributed by atoms with Crippen molar-refractivity contribution in [2.75, 3.05) is 26.3 Å². The standard InChI is InChI=1S/C28H29FN6O3/c1-16(36)35-10-7-23(34-18-8-11-38-12-9-18)22(15-35)26(30)20-4-2-3-19-21(20)14-33-27(25(19)29)17-5-6-24(28(31)37)32-13-17/h2-6,13-14,18,30,34H,7-12,15H2,1H3,(H2,31,37). The number of aromatic nitrogens is 2. The normalized spacial score (nSPS) is 16.5. The molecule has 0 saturated carbocycles. The van der Waals surface area contributed by atoms with E-state index in [1.54, 1.807) is 35.4 Å². The van der Waals surface area contributed by atoms with Gasteiger partial charge in [-0.3, -0.25) is 25.0 Å². The first kappa shape index (κ1) is 25.5. The van der Waals surface area contributed by atoms with Gasteiger partial charge in [-0.15, -0.1) is 0 Å². The SMILES string of the molecule is CC(=O)N1CCC(NC2CCOCC2)=C(C(=N)c2cccc3c(F)c(-c4ccc(C(N)=O)nc4)ncc23)C1. The van der Waals surface area contributed by atoms with Crippen molar-refractivity contribution in [3.8, 4) is 11.3 Å². The van der Waals surface area contributed by atoms with Gasteiger partial charge in [0.25, 0.3) is 5.91 Å². The number of primary amides is 1. The molecule has 2 aliphatic heterocycles. The molecular formula is C28H29FN6O3. The molecule has 1 saturated heterocycles. The zero-order valence-corrected chi connectivity index (χ0v) is 21.1. The lowest BCUT2D eigenvalue weighted by molar-refractivity contribution is -0.128. The van der Waals surface area contributed by atoms with E-state index in [9.17, 15) is 15.0 Å². The number of rotatable bonds is 6. The minimum atomic E-state index is -0.669. The molecule has 0 radical (unpaired) electrons. The number of fused-ring (bicyclic) bond motifs is 1. The average molecular weight is 517 g/mol. The van der Waals surface area contributed by atoms with E-state index < -0.39 is 11.7 Å². The smallest absolute Gasteiger partial charge is 0.267 e. The molecule has 5 rings (SSSR count). The quantitative estimate of drug-likeness (QED) is 0.431. The maximum Gasteiger partial charge on any atom is 0.267 e. The summed E-state index contributed by atoms with van der Waals surface area (Å²) in [6.07, 6.45) is 5.28. The van der Waals surface area contributed by atoms with Gasteiger partial charge in [0.05, 0.1) is 5.71 Å². The zero-order chi connectivity index (χ0) is 26.8. The van der Waals surface area contributed by atoms with Crippen LogP contribution in [0.5, 0.6) is 0 Å². The number of ether oxygens (including phenoxy) is 1. The number of hydrogen-bond donors (Lipinski definition) is 3. The minimum absolute atomic E-state index is 0.0494. The van der Waals surface area contributed by atoms with Gasteiger partial charge in [0.2, 0.25) is 5.91 Å². The lowest BCUT2D eigenvalue weighted by atomic mass is 9.92. The molecule has 2 amide bonds. The van der Waals surface area contributed by atoms with Crippen LogP contribution in [0.4, 0.5) is 4.39 Å². The van der Waals surface area contributed by atoms with Crippen LogP contribution < -0.4 is 11.1 Å². The highest BCUT2D eigenvalue weighted by Crippen LogP contribution is 2.31. The van der Waals surface area contributed by atoms with Crippen molar-refractivity contribution in [1.82, 2.24) is 20.2 Å². The van der Waals surface area contributed by atoms with E-state index in [0.717, 1.165) is 24.1 Å². The summed E-state index contributed by atoms with van der Waals surface area (Å²) in [5.74, 6) is -1.27. The van der Waals surface area contributed by atoms with Crippen molar-refractivity contribution in [3.63, 3.8) is 0 Å². The summed E-state index contributed by atoms with van der Waals surface area (Å²) in [6.45, 7) is 3.79. The summed E-state index contributed by atoms with van der Waals surface area (Å²) in [6, 6.07) is 8.36. The molecule has 9 nitrogen and oxygen atoms in total. The van der Waals surface area contributed by atoms with Crippen molar-refractivity contribution >= 4 is 28.3 Å². The monoisotopic (exact) mass is 516 g/mol. The van der Waals surface area contributed by atoms with Gasteiger partial charge in [0.15, 0.2) is 5.82 Å². The molecule has 0 aliphatic carbocycles. The Morgan fingerprint density at radius 1 is 1.13 bits per heavy atom. The van der Waals surface area contributed by atoms with E-state index in [4.69, 9.17) is 10.5 Å². The Bertz CT molecular complexity index is 1450. The second-order valence-electron chi connectivity index (χ2n) is 9.54. The van der Waals surface area contributed by atoms with Gasteiger partial charge in [-0.05, 0) is 25.0 Å². The summed E-state index contributed by atoms with van der Waals surface area (Å²) in [4.78, 5) is 33.6. The van der Waals surface area contributed by atoms with Crippen LogP contribution in [0.1, 0.15) is 42.2 Å². The van der Waals surface area contributed by atoms with Gasteiger partial charge in [-0.2, -0.15) is 0 Å². The molecule has 1 fully saturated rings. The molecule has 4 N–H and O–H groups in total. The number of amides is 2. The van der Waals surface area contributed by atoms with E-state index in [2.05, 4.69) is 15.3 Å². The van der Waals surface area contributed by atoms with Gasteiger partial charge in [0.1, 0.15) is 11.4 Å². The highest BCUT2D eigenvalue weighted by atomic mass is 19.1. The van der Waals surface area contributed by atoms with Crippen LogP contribution >= 0.6 is 0 Å². The van der Waals surface area contributed by atoms with E-state index in [1.807, 2.05) is 0 Å². The Morgan fingerprint density at radius 2 is 1.92 bits per heavy atom.